The van der Waals surface area contributed by atoms with Crippen molar-refractivity contribution < 1.29 is 4.74 Å². The predicted octanol–water partition coefficient (Wildman–Crippen LogP) is 3.04. The van der Waals surface area contributed by atoms with Crippen molar-refractivity contribution in [2.45, 2.75) is 13.0 Å². The molecule has 0 atom stereocenters. The van der Waals surface area contributed by atoms with Crippen molar-refractivity contribution in [2.75, 3.05) is 7.11 Å². The first-order chi connectivity index (χ1) is 12.7. The summed E-state index contributed by atoms with van der Waals surface area (Å²) < 4.78 is 6.83. The van der Waals surface area contributed by atoms with Gasteiger partial charge in [-0.15, -0.1) is 0 Å². The third kappa shape index (κ3) is 3.09. The van der Waals surface area contributed by atoms with E-state index in [4.69, 9.17) is 4.74 Å². The Balaban J connectivity index is 1.62. The summed E-state index contributed by atoms with van der Waals surface area (Å²) in [6.07, 6.45) is 5.91. The smallest absolute Gasteiger partial charge is 0.261 e. The number of methoxy groups -OCH3 is 1. The molecule has 0 aliphatic heterocycles. The molecule has 0 aliphatic carbocycles. The van der Waals surface area contributed by atoms with Crippen molar-refractivity contribution in [1.29, 1.82) is 0 Å². The highest BCUT2D eigenvalue weighted by molar-refractivity contribution is 5.83. The summed E-state index contributed by atoms with van der Waals surface area (Å²) in [7, 11) is 1.65. The molecule has 0 spiro atoms. The Morgan fingerprint density at radius 3 is 2.69 bits per heavy atom. The molecule has 0 fully saturated rings. The standard InChI is InChI=1S/C20H18N4O2/c1-26-17-5-2-14(3-6-17)8-9-24-13-21-19-7-4-15(10-18(19)20(24)25)16-11-22-23-12-16/h2-7,10-13H,8-9H2,1H3,(H,22,23). The summed E-state index contributed by atoms with van der Waals surface area (Å²) in [6, 6.07) is 13.6. The summed E-state index contributed by atoms with van der Waals surface area (Å²) in [5.74, 6) is 0.824. The Hall–Kier alpha value is -3.41. The maximum atomic E-state index is 12.9. The Kier molecular flexibility index (Phi) is 4.23. The quantitative estimate of drug-likeness (QED) is 0.603. The van der Waals surface area contributed by atoms with E-state index in [1.807, 2.05) is 42.5 Å². The predicted molar refractivity (Wildman–Crippen MR) is 100 cm³/mol. The van der Waals surface area contributed by atoms with Crippen molar-refractivity contribution in [3.8, 4) is 16.9 Å². The lowest BCUT2D eigenvalue weighted by molar-refractivity contribution is 0.414. The fraction of sp³-hybridized carbons (Fsp3) is 0.150. The van der Waals surface area contributed by atoms with Gasteiger partial charge in [0.05, 0.1) is 30.5 Å². The second-order valence-electron chi connectivity index (χ2n) is 6.06. The number of hydrogen-bond donors (Lipinski definition) is 1. The lowest BCUT2D eigenvalue weighted by atomic mass is 10.1. The molecule has 0 radical (unpaired) electrons. The van der Waals surface area contributed by atoms with E-state index >= 15 is 0 Å². The molecule has 0 amide bonds. The number of rotatable bonds is 5. The normalized spacial score (nSPS) is 11.0. The van der Waals surface area contributed by atoms with Crippen molar-refractivity contribution in [3.05, 3.63) is 77.1 Å². The van der Waals surface area contributed by atoms with Crippen molar-refractivity contribution in [1.82, 2.24) is 19.7 Å². The summed E-state index contributed by atoms with van der Waals surface area (Å²) in [6.45, 7) is 0.573. The zero-order valence-corrected chi connectivity index (χ0v) is 14.3. The van der Waals surface area contributed by atoms with Crippen LogP contribution >= 0.6 is 0 Å². The molecule has 6 heteroatoms. The Labute approximate surface area is 150 Å². The fourth-order valence-electron chi connectivity index (χ4n) is 2.95. The highest BCUT2D eigenvalue weighted by atomic mass is 16.5. The molecule has 0 bridgehead atoms. The highest BCUT2D eigenvalue weighted by Gasteiger charge is 2.07. The number of aryl methyl sites for hydroxylation is 2. The third-order valence-electron chi connectivity index (χ3n) is 4.46. The number of hydrogen-bond acceptors (Lipinski definition) is 4. The molecule has 0 unspecified atom stereocenters. The van der Waals surface area contributed by atoms with Gasteiger partial charge >= 0.3 is 0 Å². The van der Waals surface area contributed by atoms with E-state index in [1.54, 1.807) is 30.4 Å². The summed E-state index contributed by atoms with van der Waals surface area (Å²) in [5, 5.41) is 7.36. The third-order valence-corrected chi connectivity index (χ3v) is 4.46. The van der Waals surface area contributed by atoms with Gasteiger partial charge < -0.3 is 4.74 Å². The van der Waals surface area contributed by atoms with Gasteiger partial charge in [-0.25, -0.2) is 4.98 Å². The second kappa shape index (κ2) is 6.84. The van der Waals surface area contributed by atoms with E-state index in [-0.39, 0.29) is 5.56 Å². The van der Waals surface area contributed by atoms with E-state index in [1.165, 1.54) is 0 Å². The van der Waals surface area contributed by atoms with E-state index < -0.39 is 0 Å². The molecule has 0 saturated heterocycles. The molecule has 2 aromatic carbocycles. The van der Waals surface area contributed by atoms with Gasteiger partial charge in [0.2, 0.25) is 0 Å². The van der Waals surface area contributed by atoms with Gasteiger partial charge in [-0.05, 0) is 41.8 Å². The molecule has 130 valence electrons. The Morgan fingerprint density at radius 2 is 1.96 bits per heavy atom. The van der Waals surface area contributed by atoms with Crippen molar-refractivity contribution >= 4 is 10.9 Å². The average molecular weight is 346 g/mol. The maximum absolute atomic E-state index is 12.9. The first kappa shape index (κ1) is 16.1. The summed E-state index contributed by atoms with van der Waals surface area (Å²) >= 11 is 0. The van der Waals surface area contributed by atoms with Crippen LogP contribution in [0.3, 0.4) is 0 Å². The largest absolute Gasteiger partial charge is 0.497 e. The van der Waals surface area contributed by atoms with Gasteiger partial charge in [0.15, 0.2) is 0 Å². The van der Waals surface area contributed by atoms with Crippen LogP contribution in [0.25, 0.3) is 22.0 Å². The van der Waals surface area contributed by atoms with E-state index in [2.05, 4.69) is 15.2 Å². The SMILES string of the molecule is COc1ccc(CCn2cnc3ccc(-c4cn[nH]c4)cc3c2=O)cc1. The summed E-state index contributed by atoms with van der Waals surface area (Å²) in [4.78, 5) is 17.3. The summed E-state index contributed by atoms with van der Waals surface area (Å²) in [5.41, 5.74) is 3.69. The van der Waals surface area contributed by atoms with Crippen LogP contribution < -0.4 is 10.3 Å². The number of aromatic nitrogens is 4. The van der Waals surface area contributed by atoms with Crippen LogP contribution in [0.15, 0.2) is 66.0 Å². The number of nitrogens with zero attached hydrogens (tertiary/aromatic N) is 3. The molecule has 4 aromatic rings. The topological polar surface area (TPSA) is 72.8 Å². The number of aromatic amines is 1. The van der Waals surface area contributed by atoms with Crippen LogP contribution in [0.1, 0.15) is 5.56 Å². The molecule has 4 rings (SSSR count). The first-order valence-corrected chi connectivity index (χ1v) is 8.36. The minimum absolute atomic E-state index is 0.0335. The molecule has 6 nitrogen and oxygen atoms in total. The van der Waals surface area contributed by atoms with Gasteiger partial charge in [0, 0.05) is 18.3 Å². The van der Waals surface area contributed by atoms with Crippen LogP contribution in [0.2, 0.25) is 0 Å². The lowest BCUT2D eigenvalue weighted by Gasteiger charge is -2.08. The number of fused-ring (bicyclic) bond motifs is 1. The monoisotopic (exact) mass is 346 g/mol. The van der Waals surface area contributed by atoms with E-state index in [0.717, 1.165) is 28.9 Å². The van der Waals surface area contributed by atoms with Crippen LogP contribution in [0.5, 0.6) is 5.75 Å². The Bertz CT molecular complexity index is 1080. The van der Waals surface area contributed by atoms with Crippen LogP contribution in [-0.2, 0) is 13.0 Å². The first-order valence-electron chi connectivity index (χ1n) is 8.36. The molecule has 26 heavy (non-hydrogen) atoms. The second-order valence-corrected chi connectivity index (χ2v) is 6.06. The molecular weight excluding hydrogens is 328 g/mol. The van der Waals surface area contributed by atoms with E-state index in [9.17, 15) is 4.79 Å². The van der Waals surface area contributed by atoms with Crippen LogP contribution in [0.4, 0.5) is 0 Å². The lowest BCUT2D eigenvalue weighted by Crippen LogP contribution is -2.21. The average Bonchev–Trinajstić information content (AvgIpc) is 3.22. The number of H-pyrrole nitrogens is 1. The van der Waals surface area contributed by atoms with Crippen LogP contribution in [-0.4, -0.2) is 26.9 Å². The zero-order valence-electron chi connectivity index (χ0n) is 14.3. The Morgan fingerprint density at radius 1 is 1.12 bits per heavy atom. The molecule has 1 N–H and O–H groups in total. The van der Waals surface area contributed by atoms with Gasteiger partial charge in [0.25, 0.3) is 5.56 Å². The van der Waals surface area contributed by atoms with Crippen molar-refractivity contribution in [2.24, 2.45) is 0 Å². The van der Waals surface area contributed by atoms with Gasteiger partial charge in [0.1, 0.15) is 5.75 Å². The minimum Gasteiger partial charge on any atom is -0.497 e. The van der Waals surface area contributed by atoms with Crippen LogP contribution in [0, 0.1) is 0 Å². The fourth-order valence-corrected chi connectivity index (χ4v) is 2.95. The molecular formula is C20H18N4O2. The zero-order chi connectivity index (χ0) is 17.9. The van der Waals surface area contributed by atoms with Crippen molar-refractivity contribution in [3.63, 3.8) is 0 Å². The number of nitrogens with one attached hydrogen (secondary N) is 1. The van der Waals surface area contributed by atoms with Gasteiger partial charge in [-0.3, -0.25) is 14.5 Å². The number of benzene rings is 2. The number of ether oxygens (including phenoxy) is 1. The highest BCUT2D eigenvalue weighted by Crippen LogP contribution is 2.20. The molecule has 2 aromatic heterocycles. The van der Waals surface area contributed by atoms with Gasteiger partial charge in [-0.1, -0.05) is 18.2 Å². The molecule has 0 aliphatic rings. The van der Waals surface area contributed by atoms with E-state index in [0.29, 0.717) is 17.4 Å². The maximum Gasteiger partial charge on any atom is 0.261 e. The minimum atomic E-state index is -0.0335. The molecule has 0 saturated carbocycles. The van der Waals surface area contributed by atoms with Gasteiger partial charge in [-0.2, -0.15) is 5.10 Å². The molecule has 2 heterocycles.